The van der Waals surface area contributed by atoms with Crippen LogP contribution in [-0.2, 0) is 13.2 Å². The van der Waals surface area contributed by atoms with Crippen molar-refractivity contribution in [1.29, 1.82) is 0 Å². The Morgan fingerprint density at radius 1 is 1.18 bits per heavy atom. The Kier molecular flexibility index (Phi) is 5.16. The van der Waals surface area contributed by atoms with E-state index >= 15 is 0 Å². The first-order valence-corrected chi connectivity index (χ1v) is 8.60. The number of amides is 1. The Hall–Kier alpha value is -2.87. The number of hydrogen-bond acceptors (Lipinski definition) is 3. The molecule has 1 aromatic heterocycles. The highest BCUT2D eigenvalue weighted by molar-refractivity contribution is 6.31. The Bertz CT molecular complexity index is 1110. The fourth-order valence-corrected chi connectivity index (χ4v) is 2.97. The molecule has 0 radical (unpaired) electrons. The highest BCUT2D eigenvalue weighted by atomic mass is 35.5. The second-order valence-electron chi connectivity index (χ2n) is 6.27. The fourth-order valence-electron chi connectivity index (χ4n) is 2.80. The van der Waals surface area contributed by atoms with Gasteiger partial charge >= 0.3 is 6.18 Å². The van der Waals surface area contributed by atoms with Crippen LogP contribution in [0.5, 0.6) is 0 Å². The number of nitrogens with zero attached hydrogens (tertiary/aromatic N) is 2. The summed E-state index contributed by atoms with van der Waals surface area (Å²) in [6.07, 6.45) is -4.48. The molecule has 0 saturated carbocycles. The Labute approximate surface area is 162 Å². The zero-order valence-electron chi connectivity index (χ0n) is 14.8. The Morgan fingerprint density at radius 3 is 2.43 bits per heavy atom. The van der Waals surface area contributed by atoms with Gasteiger partial charge in [0.25, 0.3) is 11.5 Å². The standard InChI is InChI=1S/C19H15ClF3N3O2/c1-10(24-17(27)11-3-5-12(6-4-11)19(21,22)23)16-25-15-9-13(20)7-8-14(15)18(28)26(16)2/h3-10H,1-2H3,(H,24,27). The monoisotopic (exact) mass is 409 g/mol. The molecule has 146 valence electrons. The molecular weight excluding hydrogens is 395 g/mol. The Balaban J connectivity index is 1.88. The van der Waals surface area contributed by atoms with Crippen molar-refractivity contribution in [1.82, 2.24) is 14.9 Å². The van der Waals surface area contributed by atoms with Crippen molar-refractivity contribution in [3.05, 3.63) is 74.8 Å². The molecule has 0 aliphatic rings. The summed E-state index contributed by atoms with van der Waals surface area (Å²) in [6, 6.07) is 7.90. The van der Waals surface area contributed by atoms with Crippen LogP contribution in [0.3, 0.4) is 0 Å². The topological polar surface area (TPSA) is 64.0 Å². The van der Waals surface area contributed by atoms with Crippen molar-refractivity contribution in [2.24, 2.45) is 7.05 Å². The van der Waals surface area contributed by atoms with E-state index in [1.807, 2.05) is 0 Å². The lowest BCUT2D eigenvalue weighted by atomic mass is 10.1. The number of benzene rings is 2. The second kappa shape index (κ2) is 7.27. The minimum Gasteiger partial charge on any atom is -0.342 e. The molecule has 0 aliphatic heterocycles. The quantitative estimate of drug-likeness (QED) is 0.708. The molecule has 0 bridgehead atoms. The van der Waals surface area contributed by atoms with E-state index in [9.17, 15) is 22.8 Å². The summed E-state index contributed by atoms with van der Waals surface area (Å²) in [6.45, 7) is 1.63. The van der Waals surface area contributed by atoms with Crippen molar-refractivity contribution < 1.29 is 18.0 Å². The van der Waals surface area contributed by atoms with Crippen LogP contribution in [0.1, 0.15) is 34.7 Å². The molecule has 1 atom stereocenters. The van der Waals surface area contributed by atoms with Crippen LogP contribution in [0.2, 0.25) is 5.02 Å². The van der Waals surface area contributed by atoms with E-state index in [2.05, 4.69) is 10.3 Å². The van der Waals surface area contributed by atoms with Crippen LogP contribution in [0, 0.1) is 0 Å². The molecule has 1 N–H and O–H groups in total. The van der Waals surface area contributed by atoms with Crippen LogP contribution in [0.25, 0.3) is 10.9 Å². The van der Waals surface area contributed by atoms with Gasteiger partial charge in [0, 0.05) is 17.6 Å². The van der Waals surface area contributed by atoms with Gasteiger partial charge in [-0.3, -0.25) is 14.2 Å². The molecule has 0 fully saturated rings. The summed E-state index contributed by atoms with van der Waals surface area (Å²) in [5.74, 6) is -0.290. The molecule has 3 aromatic rings. The van der Waals surface area contributed by atoms with Crippen LogP contribution >= 0.6 is 11.6 Å². The van der Waals surface area contributed by atoms with Gasteiger partial charge in [0.05, 0.1) is 22.5 Å². The lowest BCUT2D eigenvalue weighted by molar-refractivity contribution is -0.137. The number of halogens is 4. The number of carbonyl (C=O) groups is 1. The number of fused-ring (bicyclic) bond motifs is 1. The molecule has 1 heterocycles. The van der Waals surface area contributed by atoms with E-state index in [-0.39, 0.29) is 11.1 Å². The summed E-state index contributed by atoms with van der Waals surface area (Å²) < 4.78 is 39.2. The molecule has 28 heavy (non-hydrogen) atoms. The Morgan fingerprint density at radius 2 is 1.82 bits per heavy atom. The van der Waals surface area contributed by atoms with Gasteiger partial charge in [-0.1, -0.05) is 11.6 Å². The summed E-state index contributed by atoms with van der Waals surface area (Å²) >= 11 is 5.95. The van der Waals surface area contributed by atoms with Gasteiger partial charge in [0.2, 0.25) is 0 Å². The van der Waals surface area contributed by atoms with Crippen LogP contribution < -0.4 is 10.9 Å². The number of nitrogens with one attached hydrogen (secondary N) is 1. The summed E-state index contributed by atoms with van der Waals surface area (Å²) in [4.78, 5) is 29.3. The van der Waals surface area contributed by atoms with Crippen molar-refractivity contribution in [2.45, 2.75) is 19.1 Å². The maximum absolute atomic E-state index is 12.6. The van der Waals surface area contributed by atoms with E-state index in [0.29, 0.717) is 21.7 Å². The zero-order valence-corrected chi connectivity index (χ0v) is 15.6. The third kappa shape index (κ3) is 3.87. The first-order chi connectivity index (χ1) is 13.1. The third-order valence-electron chi connectivity index (χ3n) is 4.28. The largest absolute Gasteiger partial charge is 0.416 e. The predicted octanol–water partition coefficient (Wildman–Crippen LogP) is 4.10. The molecule has 0 aliphatic carbocycles. The van der Waals surface area contributed by atoms with Gasteiger partial charge in [-0.25, -0.2) is 4.98 Å². The van der Waals surface area contributed by atoms with E-state index in [1.54, 1.807) is 25.1 Å². The first-order valence-electron chi connectivity index (χ1n) is 8.22. The van der Waals surface area contributed by atoms with E-state index in [1.165, 1.54) is 11.6 Å². The average molecular weight is 410 g/mol. The molecular formula is C19H15ClF3N3O2. The van der Waals surface area contributed by atoms with Gasteiger partial charge in [-0.2, -0.15) is 13.2 Å². The van der Waals surface area contributed by atoms with Crippen LogP contribution in [0.4, 0.5) is 13.2 Å². The van der Waals surface area contributed by atoms with Gasteiger partial charge < -0.3 is 5.32 Å². The molecule has 0 saturated heterocycles. The molecule has 1 unspecified atom stereocenters. The lowest BCUT2D eigenvalue weighted by Gasteiger charge is -2.17. The third-order valence-corrected chi connectivity index (χ3v) is 4.52. The molecule has 1 amide bonds. The highest BCUT2D eigenvalue weighted by Gasteiger charge is 2.30. The number of alkyl halides is 3. The number of rotatable bonds is 3. The van der Waals surface area contributed by atoms with Crippen molar-refractivity contribution in [2.75, 3.05) is 0 Å². The normalized spacial score (nSPS) is 12.8. The minimum atomic E-state index is -4.48. The van der Waals surface area contributed by atoms with E-state index < -0.39 is 23.7 Å². The van der Waals surface area contributed by atoms with Crippen molar-refractivity contribution in [3.8, 4) is 0 Å². The van der Waals surface area contributed by atoms with Gasteiger partial charge in [-0.05, 0) is 49.4 Å². The summed E-state index contributed by atoms with van der Waals surface area (Å²) in [7, 11) is 1.53. The molecule has 5 nitrogen and oxygen atoms in total. The summed E-state index contributed by atoms with van der Waals surface area (Å²) in [5, 5.41) is 3.45. The zero-order chi connectivity index (χ0) is 20.6. The van der Waals surface area contributed by atoms with Gasteiger partial charge in [-0.15, -0.1) is 0 Å². The van der Waals surface area contributed by atoms with Gasteiger partial charge in [0.15, 0.2) is 0 Å². The maximum Gasteiger partial charge on any atom is 0.416 e. The molecule has 3 rings (SSSR count). The van der Waals surface area contributed by atoms with Crippen molar-refractivity contribution >= 4 is 28.4 Å². The average Bonchev–Trinajstić information content (AvgIpc) is 2.63. The van der Waals surface area contributed by atoms with Crippen LogP contribution in [-0.4, -0.2) is 15.5 Å². The molecule has 0 spiro atoms. The fraction of sp³-hybridized carbons (Fsp3) is 0.211. The number of aromatic nitrogens is 2. The number of carbonyl (C=O) groups excluding carboxylic acids is 1. The SMILES string of the molecule is CC(NC(=O)c1ccc(C(F)(F)F)cc1)c1nc2cc(Cl)ccc2c(=O)n1C. The molecule has 2 aromatic carbocycles. The highest BCUT2D eigenvalue weighted by Crippen LogP contribution is 2.29. The van der Waals surface area contributed by atoms with Crippen LogP contribution in [0.15, 0.2) is 47.3 Å². The minimum absolute atomic E-state index is 0.0636. The van der Waals surface area contributed by atoms with Crippen molar-refractivity contribution in [3.63, 3.8) is 0 Å². The first kappa shape index (κ1) is 19.9. The predicted molar refractivity (Wildman–Crippen MR) is 99.3 cm³/mol. The smallest absolute Gasteiger partial charge is 0.342 e. The number of hydrogen-bond donors (Lipinski definition) is 1. The van der Waals surface area contributed by atoms with Gasteiger partial charge in [0.1, 0.15) is 5.82 Å². The lowest BCUT2D eigenvalue weighted by Crippen LogP contribution is -2.32. The van der Waals surface area contributed by atoms with E-state index in [0.717, 1.165) is 24.3 Å². The second-order valence-corrected chi connectivity index (χ2v) is 6.70. The maximum atomic E-state index is 12.6. The van der Waals surface area contributed by atoms with E-state index in [4.69, 9.17) is 11.6 Å². The summed E-state index contributed by atoms with van der Waals surface area (Å²) in [5.41, 5.74) is -0.685. The molecule has 9 heteroatoms.